The fraction of sp³-hybridized carbons (Fsp3) is 0.0476. The van der Waals surface area contributed by atoms with Crippen molar-refractivity contribution in [2.45, 2.75) is 0 Å². The van der Waals surface area contributed by atoms with Gasteiger partial charge in [-0.15, -0.1) is 0 Å². The van der Waals surface area contributed by atoms with Gasteiger partial charge in [0.05, 0.1) is 0 Å². The lowest BCUT2D eigenvalue weighted by molar-refractivity contribution is -0.118. The summed E-state index contributed by atoms with van der Waals surface area (Å²) < 4.78 is 6.38. The zero-order valence-corrected chi connectivity index (χ0v) is 17.0. The third kappa shape index (κ3) is 5.84. The second-order valence-corrected chi connectivity index (χ2v) is 7.19. The minimum atomic E-state index is -0.304. The van der Waals surface area contributed by atoms with Gasteiger partial charge in [-0.2, -0.15) is 0 Å². The van der Waals surface area contributed by atoms with Crippen LogP contribution in [-0.4, -0.2) is 18.4 Å². The molecular weight excluding hydrogens is 444 g/mol. The van der Waals surface area contributed by atoms with E-state index in [-0.39, 0.29) is 18.4 Å². The second kappa shape index (κ2) is 9.39. The number of carbonyl (C=O) groups is 2. The van der Waals surface area contributed by atoms with Crippen molar-refractivity contribution in [1.82, 2.24) is 0 Å². The lowest BCUT2D eigenvalue weighted by Gasteiger charge is -2.10. The molecule has 3 rings (SSSR count). The summed E-state index contributed by atoms with van der Waals surface area (Å²) in [4.78, 5) is 24.4. The molecule has 142 valence electrons. The van der Waals surface area contributed by atoms with Gasteiger partial charge in [0, 0.05) is 26.4 Å². The van der Waals surface area contributed by atoms with E-state index in [2.05, 4.69) is 26.6 Å². The molecule has 0 saturated carbocycles. The number of anilines is 2. The molecule has 0 saturated heterocycles. The number of nitrogens with one attached hydrogen (secondary N) is 2. The molecule has 7 heteroatoms. The van der Waals surface area contributed by atoms with Crippen LogP contribution in [0.2, 0.25) is 5.02 Å². The Hall–Kier alpha value is -2.83. The molecule has 0 aromatic heterocycles. The van der Waals surface area contributed by atoms with E-state index in [4.69, 9.17) is 16.3 Å². The molecule has 0 aliphatic carbocycles. The Labute approximate surface area is 175 Å². The maximum absolute atomic E-state index is 12.3. The van der Waals surface area contributed by atoms with Crippen molar-refractivity contribution in [3.05, 3.63) is 87.9 Å². The average Bonchev–Trinajstić information content (AvgIpc) is 2.68. The normalized spacial score (nSPS) is 10.2. The molecule has 5 nitrogen and oxygen atoms in total. The molecule has 3 aromatic carbocycles. The highest BCUT2D eigenvalue weighted by atomic mass is 79.9. The molecule has 0 spiro atoms. The molecule has 0 aliphatic heterocycles. The third-order valence-electron chi connectivity index (χ3n) is 3.67. The molecule has 28 heavy (non-hydrogen) atoms. The van der Waals surface area contributed by atoms with Crippen molar-refractivity contribution in [2.24, 2.45) is 0 Å². The van der Waals surface area contributed by atoms with Gasteiger partial charge in [0.15, 0.2) is 6.61 Å². The largest absolute Gasteiger partial charge is 0.484 e. The van der Waals surface area contributed by atoms with Crippen molar-refractivity contribution in [3.63, 3.8) is 0 Å². The maximum atomic E-state index is 12.3. The topological polar surface area (TPSA) is 67.4 Å². The highest BCUT2D eigenvalue weighted by Gasteiger charge is 2.08. The first-order valence-electron chi connectivity index (χ1n) is 8.35. The van der Waals surface area contributed by atoms with Crippen molar-refractivity contribution in [3.8, 4) is 5.75 Å². The Morgan fingerprint density at radius 3 is 2.29 bits per heavy atom. The van der Waals surface area contributed by atoms with Gasteiger partial charge < -0.3 is 15.4 Å². The van der Waals surface area contributed by atoms with Crippen LogP contribution in [0.15, 0.2) is 77.3 Å². The number of halogens is 2. The number of rotatable bonds is 6. The molecule has 0 bridgehead atoms. The Morgan fingerprint density at radius 2 is 1.57 bits per heavy atom. The average molecular weight is 460 g/mol. The summed E-state index contributed by atoms with van der Waals surface area (Å²) >= 11 is 9.25. The summed E-state index contributed by atoms with van der Waals surface area (Å²) in [6.45, 7) is -0.124. The van der Waals surface area contributed by atoms with Gasteiger partial charge in [-0.3, -0.25) is 9.59 Å². The number of ether oxygens (including phenoxy) is 1. The molecule has 2 amide bonds. The summed E-state index contributed by atoms with van der Waals surface area (Å²) in [6, 6.07) is 20.7. The van der Waals surface area contributed by atoms with Crippen LogP contribution < -0.4 is 15.4 Å². The van der Waals surface area contributed by atoms with E-state index in [1.807, 2.05) is 12.1 Å². The molecule has 0 fully saturated rings. The highest BCUT2D eigenvalue weighted by molar-refractivity contribution is 9.10. The van der Waals surface area contributed by atoms with Crippen molar-refractivity contribution in [2.75, 3.05) is 17.2 Å². The fourth-order valence-corrected chi connectivity index (χ4v) is 2.84. The van der Waals surface area contributed by atoms with Crippen LogP contribution in [0.1, 0.15) is 10.4 Å². The highest BCUT2D eigenvalue weighted by Crippen LogP contribution is 2.18. The van der Waals surface area contributed by atoms with Crippen molar-refractivity contribution in [1.29, 1.82) is 0 Å². The molecular formula is C21H16BrClN2O3. The number of hydrogen-bond acceptors (Lipinski definition) is 3. The van der Waals surface area contributed by atoms with Crippen LogP contribution in [0.4, 0.5) is 11.4 Å². The summed E-state index contributed by atoms with van der Waals surface area (Å²) in [7, 11) is 0. The number of benzene rings is 3. The van der Waals surface area contributed by atoms with E-state index in [1.165, 1.54) is 0 Å². The summed E-state index contributed by atoms with van der Waals surface area (Å²) in [5.74, 6) is 0.00618. The van der Waals surface area contributed by atoms with Gasteiger partial charge in [-0.05, 0) is 60.7 Å². The Kier molecular flexibility index (Phi) is 6.68. The first kappa shape index (κ1) is 19.9. The van der Waals surface area contributed by atoms with Gasteiger partial charge in [-0.25, -0.2) is 0 Å². The van der Waals surface area contributed by atoms with Gasteiger partial charge in [0.1, 0.15) is 5.75 Å². The quantitative estimate of drug-likeness (QED) is 0.520. The first-order chi connectivity index (χ1) is 13.5. The van der Waals surface area contributed by atoms with Crippen LogP contribution in [-0.2, 0) is 4.79 Å². The smallest absolute Gasteiger partial charge is 0.262 e. The van der Waals surface area contributed by atoms with Crippen LogP contribution >= 0.6 is 27.5 Å². The zero-order chi connectivity index (χ0) is 19.9. The van der Waals surface area contributed by atoms with Crippen LogP contribution in [0.5, 0.6) is 5.75 Å². The van der Waals surface area contributed by atoms with Gasteiger partial charge in [0.25, 0.3) is 11.8 Å². The number of hydrogen-bond donors (Lipinski definition) is 2. The van der Waals surface area contributed by atoms with Crippen LogP contribution in [0, 0.1) is 0 Å². The monoisotopic (exact) mass is 458 g/mol. The van der Waals surface area contributed by atoms with Crippen molar-refractivity contribution >= 4 is 50.7 Å². The standard InChI is InChI=1S/C21H16BrClN2O3/c22-15-7-9-19(10-8-15)28-13-20(26)24-17-5-2-6-18(12-17)25-21(27)14-3-1-4-16(23)11-14/h1-12H,13H2,(H,24,26)(H,25,27). The molecule has 0 aliphatic rings. The third-order valence-corrected chi connectivity index (χ3v) is 4.44. The lowest BCUT2D eigenvalue weighted by atomic mass is 10.2. The van der Waals surface area contributed by atoms with E-state index in [0.717, 1.165) is 4.47 Å². The number of carbonyl (C=O) groups excluding carboxylic acids is 2. The van der Waals surface area contributed by atoms with Gasteiger partial charge in [-0.1, -0.05) is 39.7 Å². The number of amides is 2. The van der Waals surface area contributed by atoms with E-state index in [9.17, 15) is 9.59 Å². The predicted molar refractivity (Wildman–Crippen MR) is 114 cm³/mol. The Bertz CT molecular complexity index is 993. The Morgan fingerprint density at radius 1 is 0.893 bits per heavy atom. The Balaban J connectivity index is 1.57. The maximum Gasteiger partial charge on any atom is 0.262 e. The molecule has 3 aromatic rings. The van der Waals surface area contributed by atoms with Crippen LogP contribution in [0.25, 0.3) is 0 Å². The predicted octanol–water partition coefficient (Wildman–Crippen LogP) is 5.37. The molecule has 0 heterocycles. The van der Waals surface area contributed by atoms with Crippen molar-refractivity contribution < 1.29 is 14.3 Å². The van der Waals surface area contributed by atoms with Gasteiger partial charge >= 0.3 is 0 Å². The van der Waals surface area contributed by atoms with Gasteiger partial charge in [0.2, 0.25) is 0 Å². The first-order valence-corrected chi connectivity index (χ1v) is 9.52. The van der Waals surface area contributed by atoms with E-state index < -0.39 is 0 Å². The van der Waals surface area contributed by atoms with Crippen LogP contribution in [0.3, 0.4) is 0 Å². The SMILES string of the molecule is O=C(COc1ccc(Br)cc1)Nc1cccc(NC(=O)c2cccc(Cl)c2)c1. The summed E-state index contributed by atoms with van der Waals surface area (Å²) in [5, 5.41) is 6.00. The lowest BCUT2D eigenvalue weighted by Crippen LogP contribution is -2.20. The van der Waals surface area contributed by atoms with E-state index >= 15 is 0 Å². The molecule has 0 unspecified atom stereocenters. The minimum Gasteiger partial charge on any atom is -0.484 e. The molecule has 2 N–H and O–H groups in total. The minimum absolute atomic E-state index is 0.124. The molecule has 0 radical (unpaired) electrons. The second-order valence-electron chi connectivity index (χ2n) is 5.84. The molecule has 0 atom stereocenters. The van der Waals surface area contributed by atoms with E-state index in [0.29, 0.717) is 27.7 Å². The van der Waals surface area contributed by atoms with E-state index in [1.54, 1.807) is 60.7 Å². The summed E-state index contributed by atoms with van der Waals surface area (Å²) in [6.07, 6.45) is 0. The fourth-order valence-electron chi connectivity index (χ4n) is 2.38. The summed E-state index contributed by atoms with van der Waals surface area (Å²) in [5.41, 5.74) is 1.55. The zero-order valence-electron chi connectivity index (χ0n) is 14.6.